The van der Waals surface area contributed by atoms with Gasteiger partial charge in [-0.25, -0.2) is 4.98 Å². The number of benzene rings is 7. The molecular formula is C44H26N2S2. The van der Waals surface area contributed by atoms with Gasteiger partial charge in [-0.05, 0) is 127 Å². The van der Waals surface area contributed by atoms with Crippen LogP contribution >= 0.6 is 23.5 Å². The molecule has 0 saturated heterocycles. The molecule has 0 bridgehead atoms. The van der Waals surface area contributed by atoms with Gasteiger partial charge in [0.05, 0.1) is 16.7 Å². The topological polar surface area (TPSA) is 25.8 Å². The molecular weight excluding hydrogens is 621 g/mol. The minimum Gasteiger partial charge on any atom is -0.255 e. The van der Waals surface area contributed by atoms with E-state index in [0.717, 1.165) is 22.3 Å². The van der Waals surface area contributed by atoms with E-state index in [9.17, 15) is 0 Å². The summed E-state index contributed by atoms with van der Waals surface area (Å²) < 4.78 is 0. The van der Waals surface area contributed by atoms with Crippen molar-refractivity contribution in [1.29, 1.82) is 0 Å². The summed E-state index contributed by atoms with van der Waals surface area (Å²) in [6.45, 7) is 0. The van der Waals surface area contributed by atoms with Crippen LogP contribution in [0, 0.1) is 0 Å². The van der Waals surface area contributed by atoms with E-state index < -0.39 is 0 Å². The van der Waals surface area contributed by atoms with E-state index in [4.69, 9.17) is 4.98 Å². The molecule has 1 aliphatic rings. The first-order valence-electron chi connectivity index (χ1n) is 16.1. The normalized spacial score (nSPS) is 12.4. The highest BCUT2D eigenvalue weighted by Gasteiger charge is 2.18. The molecule has 10 rings (SSSR count). The van der Waals surface area contributed by atoms with Gasteiger partial charge in [0.15, 0.2) is 0 Å². The van der Waals surface area contributed by atoms with E-state index in [1.165, 1.54) is 74.2 Å². The summed E-state index contributed by atoms with van der Waals surface area (Å²) in [6.07, 6.45) is 1.82. The second-order valence-corrected chi connectivity index (χ2v) is 14.4. The zero-order chi connectivity index (χ0) is 31.6. The maximum atomic E-state index is 5.07. The van der Waals surface area contributed by atoms with Crippen LogP contribution in [0.2, 0.25) is 0 Å². The van der Waals surface area contributed by atoms with Crippen molar-refractivity contribution in [1.82, 2.24) is 9.97 Å². The molecule has 0 saturated carbocycles. The Kier molecular flexibility index (Phi) is 6.39. The Hall–Kier alpha value is -5.42. The maximum Gasteiger partial charge on any atom is 0.0894 e. The molecule has 3 heterocycles. The van der Waals surface area contributed by atoms with Crippen LogP contribution in [0.3, 0.4) is 0 Å². The Labute approximate surface area is 286 Å². The molecule has 0 N–H and O–H groups in total. The third kappa shape index (κ3) is 4.60. The Bertz CT molecular complexity index is 2720. The number of pyridine rings is 2. The number of fused-ring (bicyclic) bond motifs is 9. The molecule has 2 nitrogen and oxygen atoms in total. The minimum absolute atomic E-state index is 0.895. The van der Waals surface area contributed by atoms with Gasteiger partial charge in [0.25, 0.3) is 0 Å². The zero-order valence-corrected chi connectivity index (χ0v) is 27.4. The first-order chi connectivity index (χ1) is 23.7. The quantitative estimate of drug-likeness (QED) is 0.178. The van der Waals surface area contributed by atoms with Crippen molar-refractivity contribution in [3.63, 3.8) is 0 Å². The Morgan fingerprint density at radius 3 is 1.62 bits per heavy atom. The molecule has 0 amide bonds. The van der Waals surface area contributed by atoms with Crippen LogP contribution in [-0.2, 0) is 0 Å². The van der Waals surface area contributed by atoms with Gasteiger partial charge in [0.2, 0.25) is 0 Å². The van der Waals surface area contributed by atoms with Crippen LogP contribution < -0.4 is 0 Å². The SMILES string of the molecule is c1ccc2c(c1)Sc1ccc(-c3cc(-c4ccc5c6ccccc6c6ccccc6c5c4)cc(-c4ccc5ncccc5n4)c3)cc1S2. The fourth-order valence-corrected chi connectivity index (χ4v) is 9.28. The van der Waals surface area contributed by atoms with Crippen LogP contribution in [0.4, 0.5) is 0 Å². The van der Waals surface area contributed by atoms with Crippen molar-refractivity contribution in [3.05, 3.63) is 158 Å². The lowest BCUT2D eigenvalue weighted by Crippen LogP contribution is -1.92. The molecule has 7 aromatic carbocycles. The molecule has 0 atom stereocenters. The smallest absolute Gasteiger partial charge is 0.0894 e. The fraction of sp³-hybridized carbons (Fsp3) is 0. The van der Waals surface area contributed by atoms with Crippen LogP contribution in [0.1, 0.15) is 0 Å². The lowest BCUT2D eigenvalue weighted by molar-refractivity contribution is 1.16. The van der Waals surface area contributed by atoms with Crippen molar-refractivity contribution >= 4 is 66.9 Å². The maximum absolute atomic E-state index is 5.07. The molecule has 224 valence electrons. The first kappa shape index (κ1) is 27.7. The van der Waals surface area contributed by atoms with Gasteiger partial charge in [0.1, 0.15) is 0 Å². The lowest BCUT2D eigenvalue weighted by Gasteiger charge is -2.19. The van der Waals surface area contributed by atoms with E-state index in [2.05, 4.69) is 145 Å². The van der Waals surface area contributed by atoms with E-state index in [1.54, 1.807) is 0 Å². The molecule has 48 heavy (non-hydrogen) atoms. The van der Waals surface area contributed by atoms with Gasteiger partial charge in [-0.15, -0.1) is 0 Å². The summed E-state index contributed by atoms with van der Waals surface area (Å²) >= 11 is 3.71. The molecule has 9 aromatic rings. The van der Waals surface area contributed by atoms with Crippen LogP contribution in [0.25, 0.3) is 76.9 Å². The van der Waals surface area contributed by atoms with Crippen molar-refractivity contribution in [2.45, 2.75) is 19.6 Å². The highest BCUT2D eigenvalue weighted by Crippen LogP contribution is 2.49. The van der Waals surface area contributed by atoms with Crippen LogP contribution in [0.15, 0.2) is 177 Å². The summed E-state index contributed by atoms with van der Waals surface area (Å²) in [4.78, 5) is 14.8. The Morgan fingerprint density at radius 1 is 0.333 bits per heavy atom. The van der Waals surface area contributed by atoms with E-state index in [0.29, 0.717) is 0 Å². The van der Waals surface area contributed by atoms with Crippen molar-refractivity contribution in [2.75, 3.05) is 0 Å². The monoisotopic (exact) mass is 646 g/mol. The predicted molar refractivity (Wildman–Crippen MR) is 203 cm³/mol. The Morgan fingerprint density at radius 2 is 0.896 bits per heavy atom. The van der Waals surface area contributed by atoms with Gasteiger partial charge in [-0.2, -0.15) is 0 Å². The fourth-order valence-electron chi connectivity index (χ4n) is 7.02. The largest absolute Gasteiger partial charge is 0.255 e. The van der Waals surface area contributed by atoms with Crippen LogP contribution in [-0.4, -0.2) is 9.97 Å². The van der Waals surface area contributed by atoms with E-state index >= 15 is 0 Å². The molecule has 0 unspecified atom stereocenters. The lowest BCUT2D eigenvalue weighted by atomic mass is 9.90. The van der Waals surface area contributed by atoms with Gasteiger partial charge < -0.3 is 0 Å². The third-order valence-corrected chi connectivity index (χ3v) is 11.9. The summed E-state index contributed by atoms with van der Waals surface area (Å²) in [7, 11) is 0. The molecule has 0 fully saturated rings. The standard InChI is InChI=1S/C44H26N2S2/c1-2-10-34-32(8-1)33-9-3-4-11-35(33)37-25-27(15-17-36(34)37)29-22-30(24-31(23-29)38-18-19-39-40(46-38)12-7-21-45-39)28-16-20-43-44(26-28)48-42-14-6-5-13-41(42)47-43/h1-26H. The van der Waals surface area contributed by atoms with Crippen molar-refractivity contribution in [3.8, 4) is 33.5 Å². The number of hydrogen-bond donors (Lipinski definition) is 0. The average molecular weight is 647 g/mol. The predicted octanol–water partition coefficient (Wildman–Crippen LogP) is 12.7. The first-order valence-corrected chi connectivity index (χ1v) is 17.7. The molecule has 0 radical (unpaired) electrons. The summed E-state index contributed by atoms with van der Waals surface area (Å²) in [5.41, 5.74) is 8.54. The molecule has 0 spiro atoms. The summed E-state index contributed by atoms with van der Waals surface area (Å²) in [5, 5.41) is 7.68. The van der Waals surface area contributed by atoms with E-state index in [-0.39, 0.29) is 0 Å². The van der Waals surface area contributed by atoms with Gasteiger partial charge in [0, 0.05) is 31.3 Å². The minimum atomic E-state index is 0.895. The Balaban J connectivity index is 1.18. The summed E-state index contributed by atoms with van der Waals surface area (Å²) in [5.74, 6) is 0. The molecule has 4 heteroatoms. The number of rotatable bonds is 3. The number of nitrogens with zero attached hydrogens (tertiary/aromatic N) is 2. The third-order valence-electron chi connectivity index (χ3n) is 9.33. The highest BCUT2D eigenvalue weighted by molar-refractivity contribution is 8.05. The average Bonchev–Trinajstić information content (AvgIpc) is 3.16. The second kappa shape index (κ2) is 11.1. The van der Waals surface area contributed by atoms with Crippen molar-refractivity contribution in [2.24, 2.45) is 0 Å². The zero-order valence-electron chi connectivity index (χ0n) is 25.7. The van der Waals surface area contributed by atoms with Crippen molar-refractivity contribution < 1.29 is 0 Å². The number of hydrogen-bond acceptors (Lipinski definition) is 4. The van der Waals surface area contributed by atoms with Gasteiger partial charge >= 0.3 is 0 Å². The molecule has 1 aliphatic heterocycles. The van der Waals surface area contributed by atoms with E-state index in [1.807, 2.05) is 41.9 Å². The highest BCUT2D eigenvalue weighted by atomic mass is 32.2. The molecule has 2 aromatic heterocycles. The number of aromatic nitrogens is 2. The molecule has 0 aliphatic carbocycles. The van der Waals surface area contributed by atoms with Gasteiger partial charge in [-0.3, -0.25) is 4.98 Å². The van der Waals surface area contributed by atoms with Gasteiger partial charge in [-0.1, -0.05) is 102 Å². The van der Waals surface area contributed by atoms with Crippen LogP contribution in [0.5, 0.6) is 0 Å². The summed E-state index contributed by atoms with van der Waals surface area (Å²) in [6, 6.07) is 55.1. The second-order valence-electron chi connectivity index (χ2n) is 12.2.